The number of benzene rings is 1. The predicted octanol–water partition coefficient (Wildman–Crippen LogP) is 2.42. The van der Waals surface area contributed by atoms with E-state index < -0.39 is 0 Å². The molecule has 3 aromatic rings. The quantitative estimate of drug-likeness (QED) is 0.658. The molecule has 0 N–H and O–H groups in total. The normalized spacial score (nSPS) is 11.1. The maximum atomic E-state index is 5.66. The van der Waals surface area contributed by atoms with Crippen LogP contribution < -0.4 is 0 Å². The van der Waals surface area contributed by atoms with E-state index in [1.54, 1.807) is 6.21 Å². The van der Waals surface area contributed by atoms with Gasteiger partial charge in [0, 0.05) is 5.56 Å². The van der Waals surface area contributed by atoms with E-state index in [0.29, 0.717) is 5.76 Å². The molecule has 5 nitrogen and oxygen atoms in total. The Morgan fingerprint density at radius 2 is 1.78 bits per heavy atom. The largest absolute Gasteiger partial charge is 0.455 e. The minimum absolute atomic E-state index is 0.683. The maximum Gasteiger partial charge on any atom is 0.147 e. The second-order valence-corrected chi connectivity index (χ2v) is 3.65. The molecule has 2 heterocycles. The molecule has 0 aliphatic heterocycles. The van der Waals surface area contributed by atoms with Crippen molar-refractivity contribution in [2.75, 3.05) is 0 Å². The summed E-state index contributed by atoms with van der Waals surface area (Å²) in [6, 6.07) is 13.7. The fourth-order valence-corrected chi connectivity index (χ4v) is 1.56. The first kappa shape index (κ1) is 10.5. The smallest absolute Gasteiger partial charge is 0.147 e. The van der Waals surface area contributed by atoms with Crippen molar-refractivity contribution in [3.63, 3.8) is 0 Å². The molecule has 0 saturated heterocycles. The van der Waals surface area contributed by atoms with Gasteiger partial charge in [-0.05, 0) is 12.1 Å². The van der Waals surface area contributed by atoms with Crippen molar-refractivity contribution < 1.29 is 4.42 Å². The summed E-state index contributed by atoms with van der Waals surface area (Å²) in [5.41, 5.74) is 1.04. The zero-order chi connectivity index (χ0) is 12.2. The lowest BCUT2D eigenvalue weighted by Crippen LogP contribution is -1.84. The van der Waals surface area contributed by atoms with Gasteiger partial charge in [-0.2, -0.15) is 5.10 Å². The van der Waals surface area contributed by atoms with Gasteiger partial charge < -0.3 is 4.42 Å². The molecule has 0 amide bonds. The van der Waals surface area contributed by atoms with Crippen LogP contribution in [0.15, 0.2) is 64.6 Å². The molecule has 0 aliphatic rings. The third-order valence-corrected chi connectivity index (χ3v) is 2.41. The van der Waals surface area contributed by atoms with Crippen LogP contribution in [-0.2, 0) is 0 Å². The summed E-state index contributed by atoms with van der Waals surface area (Å²) in [5, 5.41) is 11.4. The van der Waals surface area contributed by atoms with Gasteiger partial charge in [0.25, 0.3) is 0 Å². The first-order chi connectivity index (χ1) is 8.92. The van der Waals surface area contributed by atoms with Gasteiger partial charge in [-0.1, -0.05) is 30.3 Å². The molecule has 1 aromatic carbocycles. The van der Waals surface area contributed by atoms with Crippen LogP contribution in [-0.4, -0.2) is 21.1 Å². The Morgan fingerprint density at radius 3 is 2.56 bits per heavy atom. The highest BCUT2D eigenvalue weighted by atomic mass is 16.3. The maximum absolute atomic E-state index is 5.66. The number of rotatable bonds is 3. The minimum atomic E-state index is 0.683. The Hall–Kier alpha value is -2.69. The van der Waals surface area contributed by atoms with Gasteiger partial charge in [-0.3, -0.25) is 0 Å². The Balaban J connectivity index is 1.82. The molecule has 0 saturated carbocycles. The lowest BCUT2D eigenvalue weighted by atomic mass is 10.2. The molecule has 5 heteroatoms. The van der Waals surface area contributed by atoms with Crippen molar-refractivity contribution in [3.8, 4) is 11.3 Å². The summed E-state index contributed by atoms with van der Waals surface area (Å²) < 4.78 is 7.17. The Labute approximate surface area is 103 Å². The summed E-state index contributed by atoms with van der Waals surface area (Å²) >= 11 is 0. The van der Waals surface area contributed by atoms with Gasteiger partial charge >= 0.3 is 0 Å². The van der Waals surface area contributed by atoms with E-state index >= 15 is 0 Å². The first-order valence-corrected chi connectivity index (χ1v) is 5.46. The Morgan fingerprint density at radius 1 is 1.00 bits per heavy atom. The Bertz CT molecular complexity index is 641. The van der Waals surface area contributed by atoms with Crippen molar-refractivity contribution in [3.05, 3.63) is 60.9 Å². The highest BCUT2D eigenvalue weighted by Crippen LogP contribution is 2.20. The van der Waals surface area contributed by atoms with Crippen LogP contribution in [0, 0.1) is 0 Å². The highest BCUT2D eigenvalue weighted by Gasteiger charge is 2.02. The van der Waals surface area contributed by atoms with Crippen LogP contribution in [0.3, 0.4) is 0 Å². The highest BCUT2D eigenvalue weighted by molar-refractivity contribution is 5.77. The number of nitrogens with zero attached hydrogens (tertiary/aromatic N) is 4. The minimum Gasteiger partial charge on any atom is -0.455 e. The van der Waals surface area contributed by atoms with Crippen molar-refractivity contribution in [1.29, 1.82) is 0 Å². The average Bonchev–Trinajstić information content (AvgIpc) is 3.09. The summed E-state index contributed by atoms with van der Waals surface area (Å²) in [5.74, 6) is 1.50. The van der Waals surface area contributed by atoms with Crippen molar-refractivity contribution in [2.24, 2.45) is 5.10 Å². The van der Waals surface area contributed by atoms with Crippen LogP contribution in [0.25, 0.3) is 11.3 Å². The average molecular weight is 238 g/mol. The summed E-state index contributed by atoms with van der Waals surface area (Å²) in [7, 11) is 0. The molecule has 0 spiro atoms. The van der Waals surface area contributed by atoms with Crippen LogP contribution in [0.2, 0.25) is 0 Å². The second-order valence-electron chi connectivity index (χ2n) is 3.65. The fourth-order valence-electron chi connectivity index (χ4n) is 1.56. The third-order valence-electron chi connectivity index (χ3n) is 2.41. The van der Waals surface area contributed by atoms with E-state index in [-0.39, 0.29) is 0 Å². The lowest BCUT2D eigenvalue weighted by molar-refractivity contribution is 0.574. The van der Waals surface area contributed by atoms with Crippen molar-refractivity contribution in [1.82, 2.24) is 14.9 Å². The third kappa shape index (κ3) is 2.20. The van der Waals surface area contributed by atoms with Gasteiger partial charge in [-0.25, -0.2) is 4.68 Å². The van der Waals surface area contributed by atoms with E-state index in [1.807, 2.05) is 42.5 Å². The van der Waals surface area contributed by atoms with E-state index in [0.717, 1.165) is 11.3 Å². The molecule has 3 rings (SSSR count). The summed E-state index contributed by atoms with van der Waals surface area (Å²) in [6.07, 6.45) is 4.64. The predicted molar refractivity (Wildman–Crippen MR) is 67.2 cm³/mol. The molecular weight excluding hydrogens is 228 g/mol. The van der Waals surface area contributed by atoms with Crippen molar-refractivity contribution >= 4 is 6.21 Å². The van der Waals surface area contributed by atoms with Gasteiger partial charge in [0.05, 0.1) is 6.21 Å². The number of aromatic nitrogens is 3. The molecule has 88 valence electrons. The number of hydrogen-bond donors (Lipinski definition) is 0. The van der Waals surface area contributed by atoms with Crippen LogP contribution in [0.4, 0.5) is 0 Å². The lowest BCUT2D eigenvalue weighted by Gasteiger charge is -1.94. The second kappa shape index (κ2) is 4.67. The SMILES string of the molecule is C(=Nn1cnnc1)c1ccc(-c2ccccc2)o1. The molecule has 18 heavy (non-hydrogen) atoms. The molecule has 0 fully saturated rings. The van der Waals surface area contributed by atoms with E-state index in [9.17, 15) is 0 Å². The molecule has 0 bridgehead atoms. The molecule has 0 radical (unpaired) electrons. The fraction of sp³-hybridized carbons (Fsp3) is 0. The standard InChI is InChI=1S/C13H10N4O/c1-2-4-11(5-3-1)13-7-6-12(18-13)8-16-17-9-14-15-10-17/h1-10H. The van der Waals surface area contributed by atoms with Crippen LogP contribution in [0.5, 0.6) is 0 Å². The zero-order valence-electron chi connectivity index (χ0n) is 9.47. The van der Waals surface area contributed by atoms with E-state index in [4.69, 9.17) is 4.42 Å². The number of furan rings is 1. The van der Waals surface area contributed by atoms with Gasteiger partial charge in [0.15, 0.2) is 0 Å². The van der Waals surface area contributed by atoms with E-state index in [2.05, 4.69) is 15.3 Å². The topological polar surface area (TPSA) is 56.2 Å². The summed E-state index contributed by atoms with van der Waals surface area (Å²) in [4.78, 5) is 0. The van der Waals surface area contributed by atoms with Gasteiger partial charge in [0.1, 0.15) is 24.2 Å². The van der Waals surface area contributed by atoms with Gasteiger partial charge in [-0.15, -0.1) is 10.2 Å². The van der Waals surface area contributed by atoms with Crippen LogP contribution >= 0.6 is 0 Å². The molecular formula is C13H10N4O. The first-order valence-electron chi connectivity index (χ1n) is 5.46. The molecule has 0 atom stereocenters. The summed E-state index contributed by atoms with van der Waals surface area (Å²) in [6.45, 7) is 0. The molecule has 0 unspecified atom stereocenters. The monoisotopic (exact) mass is 238 g/mol. The number of hydrogen-bond acceptors (Lipinski definition) is 4. The Kier molecular flexibility index (Phi) is 2.71. The van der Waals surface area contributed by atoms with Crippen molar-refractivity contribution in [2.45, 2.75) is 0 Å². The molecule has 0 aliphatic carbocycles. The zero-order valence-corrected chi connectivity index (χ0v) is 9.47. The van der Waals surface area contributed by atoms with E-state index in [1.165, 1.54) is 17.3 Å². The van der Waals surface area contributed by atoms with Gasteiger partial charge in [0.2, 0.25) is 0 Å². The van der Waals surface area contributed by atoms with Crippen LogP contribution in [0.1, 0.15) is 5.76 Å². The molecule has 2 aromatic heterocycles.